The van der Waals surface area contributed by atoms with Crippen LogP contribution in [0.1, 0.15) is 32.1 Å². The molecule has 14 heavy (non-hydrogen) atoms. The van der Waals surface area contributed by atoms with Gasteiger partial charge >= 0.3 is 0 Å². The number of ketones is 1. The van der Waals surface area contributed by atoms with Gasteiger partial charge in [0.05, 0.1) is 5.75 Å². The number of rotatable bonds is 2. The Balaban J connectivity index is 1.60. The maximum Gasteiger partial charge on any atom is 0.146 e. The lowest BCUT2D eigenvalue weighted by atomic mass is 9.82. The minimum atomic E-state index is 0.435. The molecule has 0 amide bonds. The van der Waals surface area contributed by atoms with Gasteiger partial charge in [0.1, 0.15) is 5.78 Å². The molecule has 3 aliphatic rings. The quantitative estimate of drug-likeness (QED) is 0.697. The Hall–Kier alpha value is 0.0200. The van der Waals surface area contributed by atoms with Crippen LogP contribution in [0.4, 0.5) is 0 Å². The molecular weight excluding hydrogens is 192 g/mol. The summed E-state index contributed by atoms with van der Waals surface area (Å²) in [5.74, 6) is 5.84. The molecule has 2 bridgehead atoms. The van der Waals surface area contributed by atoms with Gasteiger partial charge in [0, 0.05) is 11.7 Å². The highest BCUT2D eigenvalue weighted by molar-refractivity contribution is 8.00. The fourth-order valence-electron chi connectivity index (χ4n) is 3.74. The molecule has 3 fully saturated rings. The first-order valence-corrected chi connectivity index (χ1v) is 7.09. The molecule has 1 saturated heterocycles. The molecular formula is C12H18OS. The molecule has 4 unspecified atom stereocenters. The highest BCUT2D eigenvalue weighted by atomic mass is 32.2. The van der Waals surface area contributed by atoms with Crippen LogP contribution in [0.2, 0.25) is 0 Å². The van der Waals surface area contributed by atoms with Crippen molar-refractivity contribution in [3.63, 3.8) is 0 Å². The summed E-state index contributed by atoms with van der Waals surface area (Å²) in [7, 11) is 0. The molecule has 0 aromatic heterocycles. The van der Waals surface area contributed by atoms with Crippen molar-refractivity contribution in [3.8, 4) is 0 Å². The number of Topliss-reactive ketones (excluding diaryl/α,β-unsaturated/α-hetero) is 1. The van der Waals surface area contributed by atoms with E-state index < -0.39 is 0 Å². The standard InChI is InChI=1S/C12H18OS/c13-12-7-14-6-11(12)5-10-4-8-1-2-9(10)3-8/h8-11H,1-7H2. The molecule has 0 aromatic carbocycles. The normalized spacial score (nSPS) is 46.4. The Bertz CT molecular complexity index is 251. The van der Waals surface area contributed by atoms with Crippen LogP contribution in [0, 0.1) is 23.7 Å². The maximum absolute atomic E-state index is 11.5. The van der Waals surface area contributed by atoms with Crippen LogP contribution < -0.4 is 0 Å². The van der Waals surface area contributed by atoms with E-state index in [2.05, 4.69) is 0 Å². The van der Waals surface area contributed by atoms with Crippen molar-refractivity contribution in [1.29, 1.82) is 0 Å². The summed E-state index contributed by atoms with van der Waals surface area (Å²) in [6, 6.07) is 0. The molecule has 0 radical (unpaired) electrons. The van der Waals surface area contributed by atoms with E-state index in [1.807, 2.05) is 11.8 Å². The van der Waals surface area contributed by atoms with Crippen molar-refractivity contribution >= 4 is 17.5 Å². The average Bonchev–Trinajstić information content (AvgIpc) is 2.83. The maximum atomic E-state index is 11.5. The summed E-state index contributed by atoms with van der Waals surface area (Å²) in [4.78, 5) is 11.5. The summed E-state index contributed by atoms with van der Waals surface area (Å²) >= 11 is 1.84. The monoisotopic (exact) mass is 210 g/mol. The summed E-state index contributed by atoms with van der Waals surface area (Å²) in [5.41, 5.74) is 0. The number of carbonyl (C=O) groups excluding carboxylic acids is 1. The molecule has 4 atom stereocenters. The van der Waals surface area contributed by atoms with Crippen LogP contribution in [0.3, 0.4) is 0 Å². The van der Waals surface area contributed by atoms with E-state index in [0.29, 0.717) is 11.7 Å². The summed E-state index contributed by atoms with van der Waals surface area (Å²) in [5, 5.41) is 0. The van der Waals surface area contributed by atoms with E-state index in [1.54, 1.807) is 0 Å². The molecule has 1 nitrogen and oxygen atoms in total. The van der Waals surface area contributed by atoms with Crippen LogP contribution in [0.5, 0.6) is 0 Å². The zero-order chi connectivity index (χ0) is 9.54. The van der Waals surface area contributed by atoms with Crippen molar-refractivity contribution in [3.05, 3.63) is 0 Å². The Kier molecular flexibility index (Phi) is 2.35. The topological polar surface area (TPSA) is 17.1 Å². The average molecular weight is 210 g/mol. The van der Waals surface area contributed by atoms with Gasteiger partial charge in [-0.05, 0) is 43.4 Å². The number of fused-ring (bicyclic) bond motifs is 2. The Labute approximate surface area is 90.0 Å². The molecule has 0 N–H and O–H groups in total. The predicted molar refractivity (Wildman–Crippen MR) is 59.4 cm³/mol. The second kappa shape index (κ2) is 3.55. The zero-order valence-corrected chi connectivity index (χ0v) is 9.39. The van der Waals surface area contributed by atoms with E-state index in [-0.39, 0.29) is 0 Å². The summed E-state index contributed by atoms with van der Waals surface area (Å²) in [6.07, 6.45) is 7.10. The van der Waals surface area contributed by atoms with Gasteiger partial charge in [0.15, 0.2) is 0 Å². The third-order valence-electron chi connectivity index (χ3n) is 4.49. The van der Waals surface area contributed by atoms with Gasteiger partial charge in [-0.2, -0.15) is 11.8 Å². The molecule has 1 heterocycles. The zero-order valence-electron chi connectivity index (χ0n) is 8.58. The van der Waals surface area contributed by atoms with Gasteiger partial charge in [0.25, 0.3) is 0 Å². The van der Waals surface area contributed by atoms with Crippen molar-refractivity contribution < 1.29 is 4.79 Å². The predicted octanol–water partition coefficient (Wildman–Crippen LogP) is 2.74. The van der Waals surface area contributed by atoms with Crippen molar-refractivity contribution in [2.75, 3.05) is 11.5 Å². The first-order chi connectivity index (χ1) is 6.83. The Morgan fingerprint density at radius 2 is 2.21 bits per heavy atom. The first kappa shape index (κ1) is 9.26. The van der Waals surface area contributed by atoms with Crippen LogP contribution in [-0.4, -0.2) is 17.3 Å². The lowest BCUT2D eigenvalue weighted by Gasteiger charge is -2.23. The third kappa shape index (κ3) is 1.52. The largest absolute Gasteiger partial charge is 0.298 e. The second-order valence-electron chi connectivity index (χ2n) is 5.35. The molecule has 1 aliphatic heterocycles. The van der Waals surface area contributed by atoms with Gasteiger partial charge in [0.2, 0.25) is 0 Å². The minimum absolute atomic E-state index is 0.435. The van der Waals surface area contributed by atoms with E-state index in [1.165, 1.54) is 32.1 Å². The highest BCUT2D eigenvalue weighted by Gasteiger charge is 2.41. The second-order valence-corrected chi connectivity index (χ2v) is 6.38. The van der Waals surface area contributed by atoms with Crippen molar-refractivity contribution in [2.24, 2.45) is 23.7 Å². The minimum Gasteiger partial charge on any atom is -0.298 e. The van der Waals surface area contributed by atoms with Gasteiger partial charge in [-0.15, -0.1) is 0 Å². The highest BCUT2D eigenvalue weighted by Crippen LogP contribution is 2.50. The molecule has 0 aromatic rings. The first-order valence-electron chi connectivity index (χ1n) is 5.93. The SMILES string of the molecule is O=C1CSCC1CC1CC2CCC1C2. The van der Waals surface area contributed by atoms with Crippen LogP contribution in [0.25, 0.3) is 0 Å². The van der Waals surface area contributed by atoms with Crippen molar-refractivity contribution in [2.45, 2.75) is 32.1 Å². The van der Waals surface area contributed by atoms with E-state index in [0.717, 1.165) is 29.3 Å². The van der Waals surface area contributed by atoms with E-state index >= 15 is 0 Å². The summed E-state index contributed by atoms with van der Waals surface area (Å²) < 4.78 is 0. The molecule has 2 heteroatoms. The van der Waals surface area contributed by atoms with Crippen molar-refractivity contribution in [1.82, 2.24) is 0 Å². The molecule has 78 valence electrons. The van der Waals surface area contributed by atoms with E-state index in [4.69, 9.17) is 0 Å². The fourth-order valence-corrected chi connectivity index (χ4v) is 4.90. The molecule has 3 rings (SSSR count). The van der Waals surface area contributed by atoms with E-state index in [9.17, 15) is 4.79 Å². The van der Waals surface area contributed by atoms with Gasteiger partial charge in [-0.3, -0.25) is 4.79 Å². The van der Waals surface area contributed by atoms with Gasteiger partial charge in [-0.25, -0.2) is 0 Å². The van der Waals surface area contributed by atoms with Gasteiger partial charge in [-0.1, -0.05) is 6.42 Å². The van der Waals surface area contributed by atoms with Gasteiger partial charge < -0.3 is 0 Å². The fraction of sp³-hybridized carbons (Fsp3) is 0.917. The van der Waals surface area contributed by atoms with Crippen LogP contribution in [0.15, 0.2) is 0 Å². The molecule has 2 aliphatic carbocycles. The smallest absolute Gasteiger partial charge is 0.146 e. The third-order valence-corrected chi connectivity index (χ3v) is 5.62. The van der Waals surface area contributed by atoms with Crippen LogP contribution in [-0.2, 0) is 4.79 Å². The lowest BCUT2D eigenvalue weighted by Crippen LogP contribution is -2.19. The number of thioether (sulfide) groups is 1. The molecule has 2 saturated carbocycles. The Morgan fingerprint density at radius 3 is 2.79 bits per heavy atom. The summed E-state index contributed by atoms with van der Waals surface area (Å²) in [6.45, 7) is 0. The molecule has 0 spiro atoms. The van der Waals surface area contributed by atoms with Crippen LogP contribution >= 0.6 is 11.8 Å². The Morgan fingerprint density at radius 1 is 1.29 bits per heavy atom. The number of hydrogen-bond acceptors (Lipinski definition) is 2. The number of carbonyl (C=O) groups is 1. The lowest BCUT2D eigenvalue weighted by molar-refractivity contribution is -0.119. The number of hydrogen-bond donors (Lipinski definition) is 0.